The molecule has 4 heterocycles. The summed E-state index contributed by atoms with van der Waals surface area (Å²) < 4.78 is 5.48. The summed E-state index contributed by atoms with van der Waals surface area (Å²) in [5.74, 6) is 1.38. The Balaban J connectivity index is 1.25. The fraction of sp³-hybridized carbons (Fsp3) is 0.343. The van der Waals surface area contributed by atoms with Gasteiger partial charge in [0.05, 0.1) is 11.4 Å². The number of alkyl carbamates (subject to hydrolysis) is 1. The van der Waals surface area contributed by atoms with E-state index in [9.17, 15) is 4.79 Å². The van der Waals surface area contributed by atoms with Gasteiger partial charge < -0.3 is 20.7 Å². The third kappa shape index (κ3) is 6.33. The van der Waals surface area contributed by atoms with Gasteiger partial charge in [0.25, 0.3) is 0 Å². The number of hydrogen-bond acceptors (Lipinski definition) is 8. The number of piperidine rings is 1. The lowest BCUT2D eigenvalue weighted by Gasteiger charge is -2.34. The van der Waals surface area contributed by atoms with E-state index >= 15 is 0 Å². The van der Waals surface area contributed by atoms with Crippen LogP contribution in [0.3, 0.4) is 0 Å². The van der Waals surface area contributed by atoms with Crippen LogP contribution < -0.4 is 20.9 Å². The number of nitrogen functional groups attached to an aromatic ring is 1. The molecule has 44 heavy (non-hydrogen) atoms. The Bertz CT molecular complexity index is 1600. The molecule has 9 nitrogen and oxygen atoms in total. The molecule has 1 unspecified atom stereocenters. The molecule has 2 aliphatic rings. The lowest BCUT2D eigenvalue weighted by molar-refractivity contribution is 0.0470. The number of nitrogens with zero attached hydrogens (tertiary/aromatic N) is 5. The third-order valence-corrected chi connectivity index (χ3v) is 8.14. The van der Waals surface area contributed by atoms with Crippen molar-refractivity contribution in [1.29, 1.82) is 0 Å². The van der Waals surface area contributed by atoms with Gasteiger partial charge in [0.15, 0.2) is 5.82 Å². The fourth-order valence-corrected chi connectivity index (χ4v) is 6.15. The molecule has 9 heteroatoms. The highest BCUT2D eigenvalue weighted by atomic mass is 16.6. The van der Waals surface area contributed by atoms with E-state index < -0.39 is 5.60 Å². The number of pyridine rings is 2. The van der Waals surface area contributed by atoms with E-state index in [0.717, 1.165) is 66.5 Å². The molecule has 3 N–H and O–H groups in total. The second-order valence-electron chi connectivity index (χ2n) is 12.6. The highest BCUT2D eigenvalue weighted by molar-refractivity contribution is 5.84. The number of nitrogens with one attached hydrogen (secondary N) is 1. The Morgan fingerprint density at radius 3 is 2.52 bits per heavy atom. The van der Waals surface area contributed by atoms with Crippen LogP contribution in [0.2, 0.25) is 0 Å². The van der Waals surface area contributed by atoms with E-state index in [1.165, 1.54) is 5.56 Å². The van der Waals surface area contributed by atoms with Gasteiger partial charge in [-0.25, -0.2) is 14.8 Å². The average Bonchev–Trinajstić information content (AvgIpc) is 3.28. The minimum Gasteiger partial charge on any atom is -0.444 e. The van der Waals surface area contributed by atoms with Gasteiger partial charge in [0.2, 0.25) is 0 Å². The lowest BCUT2D eigenvalue weighted by Crippen LogP contribution is -2.48. The van der Waals surface area contributed by atoms with E-state index in [1.54, 1.807) is 6.20 Å². The van der Waals surface area contributed by atoms with E-state index in [-0.39, 0.29) is 18.3 Å². The summed E-state index contributed by atoms with van der Waals surface area (Å²) in [5, 5.41) is 3.06. The largest absolute Gasteiger partial charge is 0.444 e. The summed E-state index contributed by atoms with van der Waals surface area (Å²) in [6, 6.07) is 27.2. The van der Waals surface area contributed by atoms with Crippen LogP contribution in [-0.2, 0) is 11.3 Å². The number of aromatic nitrogens is 2. The van der Waals surface area contributed by atoms with Gasteiger partial charge in [-0.15, -0.1) is 0 Å². The van der Waals surface area contributed by atoms with Crippen molar-refractivity contribution < 1.29 is 9.53 Å². The molecule has 0 spiro atoms. The maximum Gasteiger partial charge on any atom is 0.407 e. The molecule has 1 amide bonds. The number of amides is 1. The van der Waals surface area contributed by atoms with Crippen LogP contribution in [0.25, 0.3) is 11.3 Å². The minimum atomic E-state index is -0.509. The highest BCUT2D eigenvalue weighted by Crippen LogP contribution is 2.49. The van der Waals surface area contributed by atoms with Crippen LogP contribution in [0, 0.1) is 0 Å². The standard InChI is InChI=1S/C35H41N7O2/c1-35(2,3)44-34(43)38-26-12-9-21-41(23-26)22-24-14-16-27(17-15-24)42-32-30(19-18-29(39-32)25-10-6-5-7-11-25)40(4)33(42)28-13-8-20-37-31(28)36/h5-8,10-11,13-20,26,33H,9,12,21-23H2,1-4H3,(H2,36,37)(H,38,43)/t26-,33?/m0/s1. The first-order valence-corrected chi connectivity index (χ1v) is 15.3. The SMILES string of the molecule is CN1c2ccc(-c3ccccc3)nc2N(c2ccc(CN3CCC[C@H](NC(=O)OC(C)(C)C)C3)cc2)C1c1cccnc1N. The molecule has 0 radical (unpaired) electrons. The van der Waals surface area contributed by atoms with E-state index in [4.69, 9.17) is 15.5 Å². The number of fused-ring (bicyclic) bond motifs is 1. The molecule has 0 aliphatic carbocycles. The van der Waals surface area contributed by atoms with Crippen LogP contribution in [0.15, 0.2) is 85.1 Å². The highest BCUT2D eigenvalue weighted by Gasteiger charge is 2.38. The van der Waals surface area contributed by atoms with E-state index in [2.05, 4.69) is 80.6 Å². The molecule has 1 fully saturated rings. The summed E-state index contributed by atoms with van der Waals surface area (Å²) in [5.41, 5.74) is 12.1. The van der Waals surface area contributed by atoms with Crippen LogP contribution >= 0.6 is 0 Å². The first-order valence-electron chi connectivity index (χ1n) is 15.3. The predicted octanol–water partition coefficient (Wildman–Crippen LogP) is 6.50. The van der Waals surface area contributed by atoms with Gasteiger partial charge in [-0.1, -0.05) is 42.5 Å². The second-order valence-corrected chi connectivity index (χ2v) is 12.6. The van der Waals surface area contributed by atoms with Gasteiger partial charge in [0, 0.05) is 49.2 Å². The number of nitrogens with two attached hydrogens (primary N) is 1. The predicted molar refractivity (Wildman–Crippen MR) is 176 cm³/mol. The molecule has 2 aromatic heterocycles. The van der Waals surface area contributed by atoms with E-state index in [1.807, 2.05) is 51.1 Å². The summed E-state index contributed by atoms with van der Waals surface area (Å²) >= 11 is 0. The zero-order valence-electron chi connectivity index (χ0n) is 25.9. The second kappa shape index (κ2) is 12.2. The smallest absolute Gasteiger partial charge is 0.407 e. The summed E-state index contributed by atoms with van der Waals surface area (Å²) in [6.07, 6.45) is 3.15. The first kappa shape index (κ1) is 29.4. The molecule has 1 saturated heterocycles. The van der Waals surface area contributed by atoms with Gasteiger partial charge in [-0.05, 0) is 82.1 Å². The number of hydrogen-bond donors (Lipinski definition) is 2. The van der Waals surface area contributed by atoms with Crippen LogP contribution in [0.1, 0.15) is 50.9 Å². The van der Waals surface area contributed by atoms with Crippen LogP contribution in [0.5, 0.6) is 0 Å². The number of carbonyl (C=O) groups excluding carboxylic acids is 1. The Kier molecular flexibility index (Phi) is 8.14. The van der Waals surface area contributed by atoms with Gasteiger partial charge in [-0.2, -0.15) is 0 Å². The van der Waals surface area contributed by atoms with Crippen molar-refractivity contribution in [2.75, 3.05) is 35.7 Å². The van der Waals surface area contributed by atoms with Crippen molar-refractivity contribution >= 4 is 29.1 Å². The number of benzene rings is 2. The van der Waals surface area contributed by atoms with Gasteiger partial charge in [-0.3, -0.25) is 9.80 Å². The molecular weight excluding hydrogens is 550 g/mol. The molecule has 4 aromatic rings. The Morgan fingerprint density at radius 2 is 1.80 bits per heavy atom. The summed E-state index contributed by atoms with van der Waals surface area (Å²) in [7, 11) is 2.08. The number of ether oxygens (including phenoxy) is 1. The van der Waals surface area contributed by atoms with Crippen molar-refractivity contribution in [1.82, 2.24) is 20.2 Å². The zero-order chi connectivity index (χ0) is 30.8. The number of anilines is 4. The third-order valence-electron chi connectivity index (χ3n) is 8.14. The van der Waals surface area contributed by atoms with E-state index in [0.29, 0.717) is 5.82 Å². The number of carbonyl (C=O) groups is 1. The molecular formula is C35H41N7O2. The maximum absolute atomic E-state index is 12.3. The first-order chi connectivity index (χ1) is 21.2. The van der Waals surface area contributed by atoms with Crippen molar-refractivity contribution in [2.45, 2.75) is 58.0 Å². The van der Waals surface area contributed by atoms with Crippen LogP contribution in [0.4, 0.5) is 27.8 Å². The Labute approximate surface area is 259 Å². The minimum absolute atomic E-state index is 0.0742. The number of rotatable bonds is 6. The van der Waals surface area contributed by atoms with Crippen molar-refractivity contribution in [3.8, 4) is 11.3 Å². The molecule has 2 atom stereocenters. The van der Waals surface area contributed by atoms with Crippen molar-refractivity contribution in [2.24, 2.45) is 0 Å². The lowest BCUT2D eigenvalue weighted by atomic mass is 10.0. The molecule has 2 aliphatic heterocycles. The zero-order valence-corrected chi connectivity index (χ0v) is 25.9. The normalized spacial score (nSPS) is 18.6. The summed E-state index contributed by atoms with van der Waals surface area (Å²) in [4.78, 5) is 28.8. The molecule has 228 valence electrons. The topological polar surface area (TPSA) is 99.9 Å². The van der Waals surface area contributed by atoms with Gasteiger partial charge in [0.1, 0.15) is 17.6 Å². The van der Waals surface area contributed by atoms with Gasteiger partial charge >= 0.3 is 6.09 Å². The average molecular weight is 592 g/mol. The Hall–Kier alpha value is -4.63. The molecule has 0 saturated carbocycles. The summed E-state index contributed by atoms with van der Waals surface area (Å²) in [6.45, 7) is 8.24. The monoisotopic (exact) mass is 591 g/mol. The fourth-order valence-electron chi connectivity index (χ4n) is 6.15. The van der Waals surface area contributed by atoms with Crippen LogP contribution in [-0.4, -0.2) is 52.7 Å². The molecule has 0 bridgehead atoms. The molecule has 2 aromatic carbocycles. The number of likely N-dealkylation sites (tertiary alicyclic amines) is 1. The van der Waals surface area contributed by atoms with Crippen molar-refractivity contribution in [3.05, 3.63) is 96.2 Å². The molecule has 6 rings (SSSR count). The maximum atomic E-state index is 12.3. The Morgan fingerprint density at radius 1 is 1.02 bits per heavy atom. The quantitative estimate of drug-likeness (QED) is 0.262. The van der Waals surface area contributed by atoms with Crippen molar-refractivity contribution in [3.63, 3.8) is 0 Å².